The van der Waals surface area contributed by atoms with E-state index in [1.807, 2.05) is 34.6 Å². The standard InChI is InChI=1S/C21H29N5O2S/c1-20(2,3)16-12-17(26(24-16)21(4,5)6)23-18(27)15-9-8-14(28-15)13-29-19-22-10-11-25(19)7/h8-12H,13H2,1-7H3,(H,23,27). The Labute approximate surface area is 175 Å². The SMILES string of the molecule is Cn1ccnc1SCc1ccc(C(=O)Nc2cc(C(C)(C)C)nn2C(C)(C)C)o1. The summed E-state index contributed by atoms with van der Waals surface area (Å²) >= 11 is 1.56. The number of carbonyl (C=O) groups is 1. The maximum absolute atomic E-state index is 12.8. The van der Waals surface area contributed by atoms with Crippen molar-refractivity contribution in [3.63, 3.8) is 0 Å². The minimum Gasteiger partial charge on any atom is -0.455 e. The first-order valence-electron chi connectivity index (χ1n) is 9.56. The molecular formula is C21H29N5O2S. The fourth-order valence-electron chi connectivity index (χ4n) is 2.73. The highest BCUT2D eigenvalue weighted by Crippen LogP contribution is 2.29. The normalized spacial score (nSPS) is 12.4. The van der Waals surface area contributed by atoms with Crippen molar-refractivity contribution < 1.29 is 9.21 Å². The van der Waals surface area contributed by atoms with Gasteiger partial charge in [-0.25, -0.2) is 9.67 Å². The number of furan rings is 1. The molecule has 0 aliphatic carbocycles. The average Bonchev–Trinajstić information content (AvgIpc) is 3.30. The van der Waals surface area contributed by atoms with Gasteiger partial charge in [0.05, 0.1) is 17.0 Å². The number of thioether (sulfide) groups is 1. The smallest absolute Gasteiger partial charge is 0.292 e. The van der Waals surface area contributed by atoms with Crippen molar-refractivity contribution in [2.75, 3.05) is 5.32 Å². The van der Waals surface area contributed by atoms with Crippen molar-refractivity contribution in [3.8, 4) is 0 Å². The molecule has 0 saturated carbocycles. The summed E-state index contributed by atoms with van der Waals surface area (Å²) in [7, 11) is 1.94. The lowest BCUT2D eigenvalue weighted by molar-refractivity contribution is 0.0994. The summed E-state index contributed by atoms with van der Waals surface area (Å²) in [6.45, 7) is 12.5. The molecule has 0 atom stereocenters. The summed E-state index contributed by atoms with van der Waals surface area (Å²) in [5, 5.41) is 8.59. The lowest BCUT2D eigenvalue weighted by atomic mass is 9.92. The van der Waals surface area contributed by atoms with E-state index in [-0.39, 0.29) is 22.6 Å². The number of nitrogens with one attached hydrogen (secondary N) is 1. The first-order chi connectivity index (χ1) is 13.4. The fraction of sp³-hybridized carbons (Fsp3) is 0.476. The summed E-state index contributed by atoms with van der Waals surface area (Å²) in [4.78, 5) is 17.1. The summed E-state index contributed by atoms with van der Waals surface area (Å²) in [6, 6.07) is 5.46. The Morgan fingerprint density at radius 1 is 1.21 bits per heavy atom. The highest BCUT2D eigenvalue weighted by atomic mass is 32.2. The third-order valence-electron chi connectivity index (χ3n) is 4.36. The van der Waals surface area contributed by atoms with Crippen molar-refractivity contribution >= 4 is 23.5 Å². The molecule has 8 heteroatoms. The fourth-order valence-corrected chi connectivity index (χ4v) is 3.56. The molecule has 0 radical (unpaired) electrons. The molecule has 3 heterocycles. The number of aryl methyl sites for hydroxylation is 1. The van der Waals surface area contributed by atoms with Gasteiger partial charge in [-0.1, -0.05) is 32.5 Å². The van der Waals surface area contributed by atoms with Crippen molar-refractivity contribution in [2.24, 2.45) is 7.05 Å². The molecule has 0 fully saturated rings. The van der Waals surface area contributed by atoms with Gasteiger partial charge in [-0.3, -0.25) is 4.79 Å². The lowest BCUT2D eigenvalue weighted by Gasteiger charge is -2.22. The monoisotopic (exact) mass is 415 g/mol. The van der Waals surface area contributed by atoms with Crippen LogP contribution in [0.2, 0.25) is 0 Å². The Morgan fingerprint density at radius 2 is 1.93 bits per heavy atom. The van der Waals surface area contributed by atoms with Crippen LogP contribution in [0.25, 0.3) is 0 Å². The van der Waals surface area contributed by atoms with Gasteiger partial charge >= 0.3 is 0 Å². The zero-order valence-corrected chi connectivity index (χ0v) is 18.9. The minimum atomic E-state index is -0.288. The Balaban J connectivity index is 1.74. The van der Waals surface area contributed by atoms with Crippen molar-refractivity contribution in [1.82, 2.24) is 19.3 Å². The molecule has 7 nitrogen and oxygen atoms in total. The van der Waals surface area contributed by atoms with Crippen LogP contribution in [-0.4, -0.2) is 25.2 Å². The Morgan fingerprint density at radius 3 is 2.52 bits per heavy atom. The number of rotatable bonds is 5. The maximum Gasteiger partial charge on any atom is 0.292 e. The zero-order chi connectivity index (χ0) is 21.4. The summed E-state index contributed by atoms with van der Waals surface area (Å²) in [6.07, 6.45) is 3.65. The van der Waals surface area contributed by atoms with Gasteiger partial charge in [-0.15, -0.1) is 0 Å². The first-order valence-corrected chi connectivity index (χ1v) is 10.5. The minimum absolute atomic E-state index is 0.115. The molecule has 3 aromatic heterocycles. The van der Waals surface area contributed by atoms with Crippen molar-refractivity contribution in [2.45, 2.75) is 63.4 Å². The number of hydrogen-bond donors (Lipinski definition) is 1. The van der Waals surface area contributed by atoms with E-state index in [9.17, 15) is 4.79 Å². The Kier molecular flexibility index (Phi) is 5.67. The number of amides is 1. The van der Waals surface area contributed by atoms with E-state index in [1.54, 1.807) is 24.0 Å². The van der Waals surface area contributed by atoms with E-state index >= 15 is 0 Å². The number of aromatic nitrogens is 4. The van der Waals surface area contributed by atoms with E-state index in [4.69, 9.17) is 9.52 Å². The van der Waals surface area contributed by atoms with E-state index in [1.165, 1.54) is 0 Å². The van der Waals surface area contributed by atoms with Gasteiger partial charge in [-0.05, 0) is 32.9 Å². The number of carbonyl (C=O) groups excluding carboxylic acids is 1. The summed E-state index contributed by atoms with van der Waals surface area (Å²) in [5.74, 6) is 1.98. The predicted octanol–water partition coefficient (Wildman–Crippen LogP) is 4.81. The van der Waals surface area contributed by atoms with Gasteiger partial charge in [0, 0.05) is 30.9 Å². The predicted molar refractivity (Wildman–Crippen MR) is 115 cm³/mol. The van der Waals surface area contributed by atoms with Crippen molar-refractivity contribution in [3.05, 3.63) is 47.8 Å². The molecule has 1 N–H and O–H groups in total. The van der Waals surface area contributed by atoms with Gasteiger partial charge < -0.3 is 14.3 Å². The molecule has 0 unspecified atom stereocenters. The van der Waals surface area contributed by atoms with E-state index < -0.39 is 0 Å². The maximum atomic E-state index is 12.8. The third kappa shape index (κ3) is 4.93. The highest BCUT2D eigenvalue weighted by molar-refractivity contribution is 7.98. The lowest BCUT2D eigenvalue weighted by Crippen LogP contribution is -2.27. The van der Waals surface area contributed by atoms with E-state index in [0.29, 0.717) is 11.6 Å². The van der Waals surface area contributed by atoms with E-state index in [0.717, 1.165) is 16.6 Å². The van der Waals surface area contributed by atoms with Gasteiger partial charge in [0.15, 0.2) is 10.9 Å². The summed E-state index contributed by atoms with van der Waals surface area (Å²) in [5.41, 5.74) is 0.546. The van der Waals surface area contributed by atoms with Crippen molar-refractivity contribution in [1.29, 1.82) is 0 Å². The third-order valence-corrected chi connectivity index (χ3v) is 5.44. The van der Waals surface area contributed by atoms with Crippen LogP contribution >= 0.6 is 11.8 Å². The molecule has 0 spiro atoms. The Hall–Kier alpha value is -2.48. The molecule has 1 amide bonds. The molecule has 29 heavy (non-hydrogen) atoms. The van der Waals surface area contributed by atoms with Crippen LogP contribution in [0.4, 0.5) is 5.82 Å². The van der Waals surface area contributed by atoms with Crippen LogP contribution in [0.1, 0.15) is 63.6 Å². The Bertz CT molecular complexity index is 1000. The second kappa shape index (κ2) is 7.74. The molecule has 0 aromatic carbocycles. The summed E-state index contributed by atoms with van der Waals surface area (Å²) < 4.78 is 9.56. The van der Waals surface area contributed by atoms with Gasteiger partial charge in [0.25, 0.3) is 5.91 Å². The molecule has 156 valence electrons. The van der Waals surface area contributed by atoms with Gasteiger partial charge in [0.1, 0.15) is 11.6 Å². The number of imidazole rings is 1. The highest BCUT2D eigenvalue weighted by Gasteiger charge is 2.26. The number of nitrogens with zero attached hydrogens (tertiary/aromatic N) is 4. The van der Waals surface area contributed by atoms with Crippen LogP contribution in [0, 0.1) is 0 Å². The van der Waals surface area contributed by atoms with Crippen LogP contribution in [-0.2, 0) is 23.8 Å². The first kappa shape index (κ1) is 21.2. The van der Waals surface area contributed by atoms with Gasteiger partial charge in [-0.2, -0.15) is 5.10 Å². The second-order valence-electron chi connectivity index (χ2n) is 9.08. The molecule has 0 aliphatic rings. The second-order valence-corrected chi connectivity index (χ2v) is 10.0. The molecule has 0 aliphatic heterocycles. The zero-order valence-electron chi connectivity index (χ0n) is 18.1. The average molecular weight is 416 g/mol. The molecule has 3 aromatic rings. The van der Waals surface area contributed by atoms with Crippen LogP contribution in [0.5, 0.6) is 0 Å². The van der Waals surface area contributed by atoms with Crippen LogP contribution in [0.3, 0.4) is 0 Å². The van der Waals surface area contributed by atoms with E-state index in [2.05, 4.69) is 51.8 Å². The molecule has 3 rings (SSSR count). The topological polar surface area (TPSA) is 77.9 Å². The number of anilines is 1. The van der Waals surface area contributed by atoms with Crippen LogP contribution < -0.4 is 5.32 Å². The quantitative estimate of drug-likeness (QED) is 0.605. The van der Waals surface area contributed by atoms with Gasteiger partial charge in [0.2, 0.25) is 0 Å². The largest absolute Gasteiger partial charge is 0.455 e. The number of hydrogen-bond acceptors (Lipinski definition) is 5. The molecule has 0 saturated heterocycles. The molecular weight excluding hydrogens is 386 g/mol. The molecule has 0 bridgehead atoms. The van der Waals surface area contributed by atoms with Crippen LogP contribution in [0.15, 0.2) is 40.2 Å².